The fourth-order valence-corrected chi connectivity index (χ4v) is 14.1. The summed E-state index contributed by atoms with van der Waals surface area (Å²) in [6.45, 7) is 9.54. The molecule has 0 radical (unpaired) electrons. The Hall–Kier alpha value is -1.27. The molecule has 0 saturated carbocycles. The summed E-state index contributed by atoms with van der Waals surface area (Å²) in [4.78, 5) is 0. The van der Waals surface area contributed by atoms with Crippen LogP contribution in [-0.2, 0) is 34.1 Å². The van der Waals surface area contributed by atoms with E-state index in [0.29, 0.717) is 5.92 Å². The Morgan fingerprint density at radius 2 is 1.34 bits per heavy atom. The first-order valence-electron chi connectivity index (χ1n) is 11.1. The van der Waals surface area contributed by atoms with Crippen LogP contribution < -0.4 is 24.8 Å². The second-order valence-electron chi connectivity index (χ2n) is 8.70. The van der Waals surface area contributed by atoms with Crippen LogP contribution in [0.25, 0.3) is 0 Å². The van der Waals surface area contributed by atoms with E-state index in [1.165, 1.54) is 11.1 Å². The van der Waals surface area contributed by atoms with Crippen LogP contribution in [0.15, 0.2) is 102 Å². The number of halogens is 2. The van der Waals surface area contributed by atoms with Gasteiger partial charge in [-0.1, -0.05) is 0 Å². The SMILES string of the molecule is CC1=C(C)C(C)[C]([Zr+2]([C]2=CC=CC2)=[C](Cc2ccccc2)Cc2ccccc2)=C1C.[Cl-].[Cl-]. The second kappa shape index (κ2) is 12.3. The van der Waals surface area contributed by atoms with E-state index in [-0.39, 0.29) is 24.8 Å². The van der Waals surface area contributed by atoms with E-state index in [4.69, 9.17) is 0 Å². The summed E-state index contributed by atoms with van der Waals surface area (Å²) in [6, 6.07) is 22.2. The molecule has 0 nitrogen and oxygen atoms in total. The van der Waals surface area contributed by atoms with Gasteiger partial charge < -0.3 is 24.8 Å². The molecule has 0 amide bonds. The third kappa shape index (κ3) is 5.80. The van der Waals surface area contributed by atoms with E-state index < -0.39 is 21.3 Å². The molecule has 0 fully saturated rings. The minimum absolute atomic E-state index is 0. The van der Waals surface area contributed by atoms with Gasteiger partial charge in [-0.2, -0.15) is 0 Å². The summed E-state index contributed by atoms with van der Waals surface area (Å²) >= 11 is -2.20. The van der Waals surface area contributed by atoms with E-state index in [1.54, 1.807) is 20.0 Å². The van der Waals surface area contributed by atoms with Gasteiger partial charge in [-0.05, 0) is 0 Å². The molecule has 2 aliphatic carbocycles. The first-order valence-corrected chi connectivity index (χ1v) is 14.8. The predicted molar refractivity (Wildman–Crippen MR) is 127 cm³/mol. The van der Waals surface area contributed by atoms with Crippen molar-refractivity contribution in [2.24, 2.45) is 5.92 Å². The van der Waals surface area contributed by atoms with Crippen molar-refractivity contribution in [2.45, 2.75) is 47.0 Å². The summed E-state index contributed by atoms with van der Waals surface area (Å²) in [7, 11) is 0. The molecule has 32 heavy (non-hydrogen) atoms. The standard InChI is InChI=1S/C15H14.C9H13.C5H5.2ClH.Zr/c1-3-8-14(9-4-1)12-7-13-15-10-5-2-6-11-15;1-6-5-7(2)9(4)8(6)3;1-2-4-5-3-1;;;/h1-6,8-11H,12-13H2;6H,1-4H3;1-3H,4H2;2*1H;/q;;;;;+2/p-2. The molecule has 2 aliphatic rings. The van der Waals surface area contributed by atoms with Crippen molar-refractivity contribution >= 4 is 3.21 Å². The molecule has 0 bridgehead atoms. The molecule has 2 aromatic rings. The van der Waals surface area contributed by atoms with Gasteiger partial charge in [0.15, 0.2) is 0 Å². The first kappa shape index (κ1) is 27.0. The summed E-state index contributed by atoms with van der Waals surface area (Å²) in [6.07, 6.45) is 10.5. The largest absolute Gasteiger partial charge is 1.00 e. The topological polar surface area (TPSA) is 0 Å². The molecule has 0 aromatic heterocycles. The molecule has 2 aromatic carbocycles. The molecule has 3 heteroatoms. The molecule has 0 spiro atoms. The quantitative estimate of drug-likeness (QED) is 0.518. The van der Waals surface area contributed by atoms with E-state index in [0.717, 1.165) is 19.3 Å². The fourth-order valence-electron chi connectivity index (χ4n) is 4.91. The van der Waals surface area contributed by atoms with Gasteiger partial charge in [-0.3, -0.25) is 0 Å². The normalized spacial score (nSPS) is 16.8. The Labute approximate surface area is 214 Å². The van der Waals surface area contributed by atoms with Crippen LogP contribution in [0.5, 0.6) is 0 Å². The molecule has 1 unspecified atom stereocenters. The Morgan fingerprint density at radius 1 is 0.812 bits per heavy atom. The van der Waals surface area contributed by atoms with Crippen LogP contribution in [0.3, 0.4) is 0 Å². The molecule has 0 N–H and O–H groups in total. The minimum Gasteiger partial charge on any atom is -1.00 e. The van der Waals surface area contributed by atoms with Crippen LogP contribution >= 0.6 is 0 Å². The van der Waals surface area contributed by atoms with Crippen LogP contribution in [0, 0.1) is 5.92 Å². The molecular weight excluding hydrogens is 510 g/mol. The van der Waals surface area contributed by atoms with Gasteiger partial charge in [0, 0.05) is 0 Å². The summed E-state index contributed by atoms with van der Waals surface area (Å²) in [5.74, 6) is 0.599. The third-order valence-corrected chi connectivity index (χ3v) is 15.3. The van der Waals surface area contributed by atoms with Gasteiger partial charge >= 0.3 is 191 Å². The van der Waals surface area contributed by atoms with Gasteiger partial charge in [0.2, 0.25) is 0 Å². The number of allylic oxidation sites excluding steroid dienone is 8. The van der Waals surface area contributed by atoms with Gasteiger partial charge in [0.25, 0.3) is 0 Å². The van der Waals surface area contributed by atoms with E-state index in [9.17, 15) is 0 Å². The number of hydrogen-bond acceptors (Lipinski definition) is 0. The smallest absolute Gasteiger partial charge is 1.00 e. The van der Waals surface area contributed by atoms with Gasteiger partial charge in [0.1, 0.15) is 0 Å². The summed E-state index contributed by atoms with van der Waals surface area (Å²) in [5, 5.41) is 0. The average Bonchev–Trinajstić information content (AvgIpc) is 3.36. The first-order chi connectivity index (χ1) is 14.6. The zero-order chi connectivity index (χ0) is 21.1. The van der Waals surface area contributed by atoms with Crippen molar-refractivity contribution in [3.8, 4) is 0 Å². The zero-order valence-electron chi connectivity index (χ0n) is 19.5. The van der Waals surface area contributed by atoms with E-state index in [2.05, 4.69) is 107 Å². The van der Waals surface area contributed by atoms with E-state index >= 15 is 0 Å². The van der Waals surface area contributed by atoms with Crippen LogP contribution in [-0.4, -0.2) is 3.21 Å². The summed E-state index contributed by atoms with van der Waals surface area (Å²) in [5.41, 5.74) is 7.64. The number of benzene rings is 2. The van der Waals surface area contributed by atoms with E-state index in [1.807, 2.05) is 6.49 Å². The van der Waals surface area contributed by atoms with Crippen molar-refractivity contribution in [3.05, 3.63) is 113 Å². The van der Waals surface area contributed by atoms with Gasteiger partial charge in [0.05, 0.1) is 0 Å². The minimum atomic E-state index is -2.20. The van der Waals surface area contributed by atoms with Crippen molar-refractivity contribution in [2.75, 3.05) is 0 Å². The second-order valence-corrected chi connectivity index (χ2v) is 15.2. The number of rotatable bonds is 6. The average molecular weight is 543 g/mol. The Morgan fingerprint density at radius 3 is 1.75 bits per heavy atom. The molecular formula is C29H32Cl2Zr. The van der Waals surface area contributed by atoms with Crippen molar-refractivity contribution in [1.82, 2.24) is 0 Å². The fraction of sp³-hybridized carbons (Fsp3) is 0.276. The van der Waals surface area contributed by atoms with Crippen LogP contribution in [0.4, 0.5) is 0 Å². The molecule has 1 atom stereocenters. The molecule has 0 heterocycles. The third-order valence-electron chi connectivity index (χ3n) is 6.88. The Balaban J connectivity index is 0.00000181. The zero-order valence-corrected chi connectivity index (χ0v) is 23.4. The molecule has 4 rings (SSSR count). The Bertz CT molecular complexity index is 1040. The molecule has 0 saturated heterocycles. The predicted octanol–water partition coefficient (Wildman–Crippen LogP) is 1.37. The van der Waals surface area contributed by atoms with Crippen molar-refractivity contribution < 1.29 is 46.1 Å². The Kier molecular flexibility index (Phi) is 10.3. The van der Waals surface area contributed by atoms with Crippen molar-refractivity contribution in [1.29, 1.82) is 0 Å². The van der Waals surface area contributed by atoms with Crippen LogP contribution in [0.2, 0.25) is 0 Å². The van der Waals surface area contributed by atoms with Crippen LogP contribution in [0.1, 0.15) is 45.2 Å². The maximum Gasteiger partial charge on any atom is -1.00 e. The molecule has 0 aliphatic heterocycles. The molecule has 166 valence electrons. The maximum absolute atomic E-state index is 2.46. The number of hydrogen-bond donors (Lipinski definition) is 0. The van der Waals surface area contributed by atoms with Gasteiger partial charge in [-0.25, -0.2) is 0 Å². The van der Waals surface area contributed by atoms with Gasteiger partial charge in [-0.15, -0.1) is 0 Å². The van der Waals surface area contributed by atoms with Crippen molar-refractivity contribution in [3.63, 3.8) is 0 Å². The maximum atomic E-state index is 2.46. The monoisotopic (exact) mass is 540 g/mol. The summed E-state index contributed by atoms with van der Waals surface area (Å²) < 4.78 is 5.39.